The van der Waals surface area contributed by atoms with Gasteiger partial charge in [0.15, 0.2) is 0 Å². The van der Waals surface area contributed by atoms with Crippen LogP contribution in [-0.4, -0.2) is 12.5 Å². The molecule has 2 unspecified atom stereocenters. The molecule has 0 bridgehead atoms. The van der Waals surface area contributed by atoms with Gasteiger partial charge in [0.1, 0.15) is 0 Å². The number of amides is 1. The highest BCUT2D eigenvalue weighted by Gasteiger charge is 2.41. The minimum atomic E-state index is 0.224. The fourth-order valence-corrected chi connectivity index (χ4v) is 2.02. The van der Waals surface area contributed by atoms with Crippen molar-refractivity contribution in [3.05, 3.63) is 24.3 Å². The number of benzene rings is 1. The first-order valence-electron chi connectivity index (χ1n) is 5.80. The van der Waals surface area contributed by atoms with Crippen LogP contribution in [0.1, 0.15) is 20.3 Å². The summed E-state index contributed by atoms with van der Waals surface area (Å²) in [5, 5.41) is 0. The van der Waals surface area contributed by atoms with Crippen molar-refractivity contribution in [2.45, 2.75) is 20.3 Å². The van der Waals surface area contributed by atoms with Crippen LogP contribution < -0.4 is 10.6 Å². The third kappa shape index (κ3) is 2.03. The topological polar surface area (TPSA) is 46.3 Å². The number of nitrogen functional groups attached to an aromatic ring is 1. The van der Waals surface area contributed by atoms with Gasteiger partial charge in [-0.15, -0.1) is 0 Å². The normalized spacial score (nSPS) is 22.9. The van der Waals surface area contributed by atoms with Crippen LogP contribution in [0.2, 0.25) is 0 Å². The molecule has 1 saturated carbocycles. The summed E-state index contributed by atoms with van der Waals surface area (Å²) < 4.78 is 0. The highest BCUT2D eigenvalue weighted by Crippen LogP contribution is 2.40. The zero-order valence-electron chi connectivity index (χ0n) is 9.81. The highest BCUT2D eigenvalue weighted by atomic mass is 16.2. The van der Waals surface area contributed by atoms with E-state index in [1.165, 1.54) is 0 Å². The van der Waals surface area contributed by atoms with Crippen molar-refractivity contribution in [3.8, 4) is 0 Å². The van der Waals surface area contributed by atoms with E-state index in [-0.39, 0.29) is 11.8 Å². The third-order valence-electron chi connectivity index (χ3n) is 3.19. The molecule has 0 aliphatic heterocycles. The van der Waals surface area contributed by atoms with Crippen LogP contribution in [0.3, 0.4) is 0 Å². The van der Waals surface area contributed by atoms with E-state index in [2.05, 4.69) is 6.92 Å². The average Bonchev–Trinajstić information content (AvgIpc) is 2.96. The predicted octanol–water partition coefficient (Wildman–Crippen LogP) is 2.28. The molecule has 1 aliphatic carbocycles. The first kappa shape index (κ1) is 11.0. The Balaban J connectivity index is 2.19. The van der Waals surface area contributed by atoms with Crippen LogP contribution in [0.5, 0.6) is 0 Å². The number of hydrogen-bond acceptors (Lipinski definition) is 2. The molecule has 3 nitrogen and oxygen atoms in total. The smallest absolute Gasteiger partial charge is 0.230 e. The minimum Gasteiger partial charge on any atom is -0.399 e. The molecule has 0 heterocycles. The molecule has 3 heteroatoms. The highest BCUT2D eigenvalue weighted by molar-refractivity contribution is 5.97. The van der Waals surface area contributed by atoms with Gasteiger partial charge in [-0.1, -0.05) is 13.0 Å². The molecule has 2 atom stereocenters. The van der Waals surface area contributed by atoms with E-state index in [0.717, 1.165) is 12.1 Å². The maximum Gasteiger partial charge on any atom is 0.230 e. The second-order valence-corrected chi connectivity index (χ2v) is 4.50. The maximum absolute atomic E-state index is 12.1. The Bertz CT molecular complexity index is 403. The summed E-state index contributed by atoms with van der Waals surface area (Å²) in [7, 11) is 0. The van der Waals surface area contributed by atoms with Crippen molar-refractivity contribution in [1.29, 1.82) is 0 Å². The van der Waals surface area contributed by atoms with E-state index in [9.17, 15) is 4.79 Å². The average molecular weight is 218 g/mol. The minimum absolute atomic E-state index is 0.224. The van der Waals surface area contributed by atoms with Crippen LogP contribution in [0, 0.1) is 11.8 Å². The van der Waals surface area contributed by atoms with E-state index in [4.69, 9.17) is 5.73 Å². The molecule has 16 heavy (non-hydrogen) atoms. The number of carbonyl (C=O) groups excluding carboxylic acids is 1. The molecule has 1 aromatic carbocycles. The predicted molar refractivity (Wildman–Crippen MR) is 66.2 cm³/mol. The molecule has 1 aliphatic rings. The van der Waals surface area contributed by atoms with E-state index >= 15 is 0 Å². The molecule has 86 valence electrons. The lowest BCUT2D eigenvalue weighted by molar-refractivity contribution is -0.120. The Labute approximate surface area is 96.2 Å². The number of hydrogen-bond donors (Lipinski definition) is 1. The summed E-state index contributed by atoms with van der Waals surface area (Å²) >= 11 is 0. The van der Waals surface area contributed by atoms with Gasteiger partial charge in [0.05, 0.1) is 0 Å². The fourth-order valence-electron chi connectivity index (χ4n) is 2.02. The zero-order chi connectivity index (χ0) is 11.7. The Morgan fingerprint density at radius 2 is 2.25 bits per heavy atom. The first-order valence-corrected chi connectivity index (χ1v) is 5.80. The van der Waals surface area contributed by atoms with Gasteiger partial charge >= 0.3 is 0 Å². The monoisotopic (exact) mass is 218 g/mol. The van der Waals surface area contributed by atoms with E-state index in [1.54, 1.807) is 0 Å². The Hall–Kier alpha value is -1.51. The van der Waals surface area contributed by atoms with Crippen LogP contribution in [-0.2, 0) is 4.79 Å². The molecular weight excluding hydrogens is 200 g/mol. The first-order chi connectivity index (χ1) is 7.63. The number of nitrogens with two attached hydrogens (primary N) is 1. The molecule has 0 aromatic heterocycles. The summed E-state index contributed by atoms with van der Waals surface area (Å²) in [5.74, 6) is 1.00. The zero-order valence-corrected chi connectivity index (χ0v) is 9.81. The molecule has 1 aromatic rings. The molecule has 1 fully saturated rings. The van der Waals surface area contributed by atoms with Crippen molar-refractivity contribution < 1.29 is 4.79 Å². The summed E-state index contributed by atoms with van der Waals surface area (Å²) in [6.45, 7) is 4.81. The van der Waals surface area contributed by atoms with Gasteiger partial charge in [-0.25, -0.2) is 0 Å². The molecule has 1 amide bonds. The van der Waals surface area contributed by atoms with Crippen molar-refractivity contribution in [1.82, 2.24) is 0 Å². The Morgan fingerprint density at radius 3 is 2.75 bits per heavy atom. The molecule has 2 rings (SSSR count). The van der Waals surface area contributed by atoms with E-state index in [1.807, 2.05) is 36.1 Å². The summed E-state index contributed by atoms with van der Waals surface area (Å²) in [5.41, 5.74) is 7.34. The van der Waals surface area contributed by atoms with Crippen molar-refractivity contribution in [2.24, 2.45) is 11.8 Å². The molecule has 0 saturated heterocycles. The standard InChI is InChI=1S/C13H18N2O/c1-3-15(13(16)12-7-9(12)2)11-6-4-5-10(14)8-11/h4-6,8-9,12H,3,7,14H2,1-2H3. The lowest BCUT2D eigenvalue weighted by Crippen LogP contribution is -2.32. The lowest BCUT2D eigenvalue weighted by Gasteiger charge is -2.21. The second kappa shape index (κ2) is 4.16. The van der Waals surface area contributed by atoms with Gasteiger partial charge in [-0.2, -0.15) is 0 Å². The van der Waals surface area contributed by atoms with E-state index in [0.29, 0.717) is 18.2 Å². The van der Waals surface area contributed by atoms with Crippen LogP contribution in [0.25, 0.3) is 0 Å². The van der Waals surface area contributed by atoms with Gasteiger partial charge in [-0.3, -0.25) is 4.79 Å². The second-order valence-electron chi connectivity index (χ2n) is 4.50. The Morgan fingerprint density at radius 1 is 1.56 bits per heavy atom. The van der Waals surface area contributed by atoms with Gasteiger partial charge in [-0.05, 0) is 37.5 Å². The number of rotatable bonds is 3. The van der Waals surface area contributed by atoms with Crippen molar-refractivity contribution in [3.63, 3.8) is 0 Å². The number of nitrogens with zero attached hydrogens (tertiary/aromatic N) is 1. The van der Waals surface area contributed by atoms with Gasteiger partial charge in [0.2, 0.25) is 5.91 Å². The Kier molecular flexibility index (Phi) is 2.86. The molecular formula is C13H18N2O. The van der Waals surface area contributed by atoms with Crippen LogP contribution in [0.4, 0.5) is 11.4 Å². The van der Waals surface area contributed by atoms with Crippen LogP contribution >= 0.6 is 0 Å². The molecule has 0 spiro atoms. The van der Waals surface area contributed by atoms with E-state index < -0.39 is 0 Å². The van der Waals surface area contributed by atoms with Gasteiger partial charge in [0.25, 0.3) is 0 Å². The molecule has 0 radical (unpaired) electrons. The van der Waals surface area contributed by atoms with Gasteiger partial charge < -0.3 is 10.6 Å². The fraction of sp³-hybridized carbons (Fsp3) is 0.462. The largest absolute Gasteiger partial charge is 0.399 e. The summed E-state index contributed by atoms with van der Waals surface area (Å²) in [6, 6.07) is 7.51. The lowest BCUT2D eigenvalue weighted by atomic mass is 10.2. The maximum atomic E-state index is 12.1. The third-order valence-corrected chi connectivity index (χ3v) is 3.19. The SMILES string of the molecule is CCN(C(=O)C1CC1C)c1cccc(N)c1. The van der Waals surface area contributed by atoms with Crippen molar-refractivity contribution in [2.75, 3.05) is 17.2 Å². The summed E-state index contributed by atoms with van der Waals surface area (Å²) in [6.07, 6.45) is 1.03. The quantitative estimate of drug-likeness (QED) is 0.791. The van der Waals surface area contributed by atoms with Crippen molar-refractivity contribution >= 4 is 17.3 Å². The molecule has 2 N–H and O–H groups in total. The summed E-state index contributed by atoms with van der Waals surface area (Å²) in [4.78, 5) is 14.0. The van der Waals surface area contributed by atoms with Crippen LogP contribution in [0.15, 0.2) is 24.3 Å². The van der Waals surface area contributed by atoms with Gasteiger partial charge in [0, 0.05) is 23.8 Å². The number of anilines is 2. The number of carbonyl (C=O) groups is 1.